The molecule has 0 saturated carbocycles. The maximum absolute atomic E-state index is 5.70. The maximum Gasteiger partial charge on any atom is 0.0561 e. The third-order valence-electron chi connectivity index (χ3n) is 4.94. The van der Waals surface area contributed by atoms with Crippen LogP contribution in [-0.2, 0) is 4.74 Å². The second-order valence-electron chi connectivity index (χ2n) is 6.39. The molecule has 2 saturated heterocycles. The van der Waals surface area contributed by atoms with Gasteiger partial charge in [-0.3, -0.25) is 4.90 Å². The van der Waals surface area contributed by atoms with Crippen LogP contribution in [0.1, 0.15) is 53.4 Å². The van der Waals surface area contributed by atoms with E-state index in [0.29, 0.717) is 17.7 Å². The molecule has 0 bridgehead atoms. The van der Waals surface area contributed by atoms with Crippen LogP contribution >= 0.6 is 0 Å². The molecular formula is C15H30N2O. The van der Waals surface area contributed by atoms with E-state index in [9.17, 15) is 0 Å². The lowest BCUT2D eigenvalue weighted by atomic mass is 9.89. The van der Waals surface area contributed by atoms with Gasteiger partial charge in [0.15, 0.2) is 0 Å². The number of hydrogen-bond donors (Lipinski definition) is 1. The van der Waals surface area contributed by atoms with E-state index >= 15 is 0 Å². The third-order valence-corrected chi connectivity index (χ3v) is 4.94. The summed E-state index contributed by atoms with van der Waals surface area (Å²) >= 11 is 0. The number of nitrogens with one attached hydrogen (secondary N) is 1. The zero-order chi connectivity index (χ0) is 13.2. The molecule has 0 radical (unpaired) electrons. The monoisotopic (exact) mass is 254 g/mol. The van der Waals surface area contributed by atoms with Gasteiger partial charge in [-0.15, -0.1) is 0 Å². The first-order chi connectivity index (χ1) is 8.58. The van der Waals surface area contributed by atoms with E-state index in [1.54, 1.807) is 0 Å². The Balaban J connectivity index is 2.05. The van der Waals surface area contributed by atoms with Crippen LogP contribution in [0.3, 0.4) is 0 Å². The van der Waals surface area contributed by atoms with E-state index in [2.05, 4.69) is 37.9 Å². The smallest absolute Gasteiger partial charge is 0.0561 e. The molecule has 3 nitrogen and oxygen atoms in total. The highest BCUT2D eigenvalue weighted by Gasteiger charge is 2.38. The van der Waals surface area contributed by atoms with Gasteiger partial charge in [0.1, 0.15) is 0 Å². The molecule has 2 aliphatic heterocycles. The number of rotatable bonds is 3. The van der Waals surface area contributed by atoms with Crippen molar-refractivity contribution in [2.24, 2.45) is 0 Å². The zero-order valence-electron chi connectivity index (χ0n) is 12.5. The summed E-state index contributed by atoms with van der Waals surface area (Å²) in [4.78, 5) is 2.78. The van der Waals surface area contributed by atoms with Crippen LogP contribution in [0, 0.1) is 0 Å². The molecule has 18 heavy (non-hydrogen) atoms. The lowest BCUT2D eigenvalue weighted by Crippen LogP contribution is -2.65. The Hall–Kier alpha value is -0.120. The topological polar surface area (TPSA) is 24.5 Å². The highest BCUT2D eigenvalue weighted by molar-refractivity contribution is 4.97. The van der Waals surface area contributed by atoms with Crippen LogP contribution in [-0.4, -0.2) is 48.3 Å². The first-order valence-corrected chi connectivity index (χ1v) is 7.70. The van der Waals surface area contributed by atoms with Crippen LogP contribution in [0.2, 0.25) is 0 Å². The summed E-state index contributed by atoms with van der Waals surface area (Å²) in [7, 11) is 0. The van der Waals surface area contributed by atoms with Crippen molar-refractivity contribution in [3.63, 3.8) is 0 Å². The predicted molar refractivity (Wildman–Crippen MR) is 75.9 cm³/mol. The molecule has 106 valence electrons. The van der Waals surface area contributed by atoms with Crippen LogP contribution in [0.15, 0.2) is 0 Å². The number of ether oxygens (including phenoxy) is 1. The summed E-state index contributed by atoms with van der Waals surface area (Å²) in [5.74, 6) is 0. The normalized spacial score (nSPS) is 43.0. The van der Waals surface area contributed by atoms with Crippen molar-refractivity contribution in [2.45, 2.75) is 77.1 Å². The Morgan fingerprint density at radius 1 is 1.39 bits per heavy atom. The van der Waals surface area contributed by atoms with Crippen LogP contribution in [0.25, 0.3) is 0 Å². The number of nitrogens with zero attached hydrogens (tertiary/aromatic N) is 1. The van der Waals surface area contributed by atoms with E-state index in [0.717, 1.165) is 19.2 Å². The molecule has 2 fully saturated rings. The van der Waals surface area contributed by atoms with Gasteiger partial charge in [0.2, 0.25) is 0 Å². The molecule has 4 atom stereocenters. The Morgan fingerprint density at radius 3 is 2.78 bits per heavy atom. The van der Waals surface area contributed by atoms with E-state index in [4.69, 9.17) is 4.74 Å². The van der Waals surface area contributed by atoms with Crippen molar-refractivity contribution < 1.29 is 4.74 Å². The van der Waals surface area contributed by atoms with Gasteiger partial charge in [0.05, 0.1) is 6.10 Å². The predicted octanol–water partition coefficient (Wildman–Crippen LogP) is 2.41. The average Bonchev–Trinajstić information content (AvgIpc) is 2.39. The minimum Gasteiger partial charge on any atom is -0.378 e. The van der Waals surface area contributed by atoms with Gasteiger partial charge in [-0.05, 0) is 39.5 Å². The molecule has 4 unspecified atom stereocenters. The first-order valence-electron chi connectivity index (χ1n) is 7.70. The van der Waals surface area contributed by atoms with E-state index < -0.39 is 0 Å². The molecule has 3 heteroatoms. The van der Waals surface area contributed by atoms with Gasteiger partial charge < -0.3 is 10.1 Å². The summed E-state index contributed by atoms with van der Waals surface area (Å²) in [5.41, 5.74) is 0.299. The summed E-state index contributed by atoms with van der Waals surface area (Å²) in [6.45, 7) is 12.5. The fourth-order valence-corrected chi connectivity index (χ4v) is 3.39. The molecule has 0 aromatic heterocycles. The minimum atomic E-state index is 0.299. The lowest BCUT2D eigenvalue weighted by molar-refractivity contribution is -0.0470. The number of hydrogen-bond acceptors (Lipinski definition) is 3. The molecule has 0 spiro atoms. The Bertz CT molecular complexity index is 271. The molecule has 0 aromatic rings. The van der Waals surface area contributed by atoms with Gasteiger partial charge in [0, 0.05) is 37.3 Å². The molecule has 0 aromatic carbocycles. The maximum atomic E-state index is 5.70. The quantitative estimate of drug-likeness (QED) is 0.837. The van der Waals surface area contributed by atoms with E-state index in [1.165, 1.54) is 32.2 Å². The van der Waals surface area contributed by atoms with Gasteiger partial charge in [-0.2, -0.15) is 0 Å². The van der Waals surface area contributed by atoms with E-state index in [-0.39, 0.29) is 0 Å². The highest BCUT2D eigenvalue weighted by Crippen LogP contribution is 2.27. The molecule has 2 rings (SSSR count). The molecule has 2 aliphatic rings. The summed E-state index contributed by atoms with van der Waals surface area (Å²) in [6.07, 6.45) is 5.30. The Labute approximate surface area is 112 Å². The molecule has 2 heterocycles. The Morgan fingerprint density at radius 2 is 2.17 bits per heavy atom. The molecular weight excluding hydrogens is 224 g/mol. The summed E-state index contributed by atoms with van der Waals surface area (Å²) < 4.78 is 5.70. The second kappa shape index (κ2) is 5.89. The van der Waals surface area contributed by atoms with Crippen molar-refractivity contribution in [1.82, 2.24) is 10.2 Å². The van der Waals surface area contributed by atoms with Crippen LogP contribution in [0.5, 0.6) is 0 Å². The summed E-state index contributed by atoms with van der Waals surface area (Å²) in [5, 5.41) is 3.75. The fourth-order valence-electron chi connectivity index (χ4n) is 3.39. The summed E-state index contributed by atoms with van der Waals surface area (Å²) in [6, 6.07) is 1.44. The van der Waals surface area contributed by atoms with Gasteiger partial charge in [-0.25, -0.2) is 0 Å². The van der Waals surface area contributed by atoms with Crippen LogP contribution in [0.4, 0.5) is 0 Å². The first kappa shape index (κ1) is 14.3. The third kappa shape index (κ3) is 3.06. The largest absolute Gasteiger partial charge is 0.378 e. The van der Waals surface area contributed by atoms with Gasteiger partial charge in [-0.1, -0.05) is 13.8 Å². The van der Waals surface area contributed by atoms with Crippen molar-refractivity contribution in [2.75, 3.05) is 19.7 Å². The lowest BCUT2D eigenvalue weighted by Gasteiger charge is -2.50. The Kier molecular flexibility index (Phi) is 4.68. The molecule has 0 amide bonds. The molecule has 1 N–H and O–H groups in total. The van der Waals surface area contributed by atoms with Crippen LogP contribution < -0.4 is 5.32 Å². The zero-order valence-corrected chi connectivity index (χ0v) is 12.5. The number of piperazine rings is 1. The van der Waals surface area contributed by atoms with E-state index in [1.807, 2.05) is 0 Å². The second-order valence-corrected chi connectivity index (χ2v) is 6.39. The van der Waals surface area contributed by atoms with Crippen molar-refractivity contribution in [3.05, 3.63) is 0 Å². The average molecular weight is 254 g/mol. The van der Waals surface area contributed by atoms with Gasteiger partial charge >= 0.3 is 0 Å². The van der Waals surface area contributed by atoms with Crippen molar-refractivity contribution in [3.8, 4) is 0 Å². The van der Waals surface area contributed by atoms with Gasteiger partial charge in [0.25, 0.3) is 0 Å². The minimum absolute atomic E-state index is 0.299. The van der Waals surface area contributed by atoms with Crippen molar-refractivity contribution >= 4 is 0 Å². The van der Waals surface area contributed by atoms with Crippen molar-refractivity contribution in [1.29, 1.82) is 0 Å². The SMILES string of the molecule is CCC1CNC(C)(CC)CN1C1CCOC(C)C1. The fraction of sp³-hybridized carbons (Fsp3) is 1.00. The highest BCUT2D eigenvalue weighted by atomic mass is 16.5. The standard InChI is InChI=1S/C15H30N2O/c1-5-13-10-16-15(4,6-2)11-17(13)14-7-8-18-12(3)9-14/h12-14,16H,5-11H2,1-4H3. The molecule has 0 aliphatic carbocycles.